The maximum atomic E-state index is 10.4. The molecule has 0 bridgehead atoms. The highest BCUT2D eigenvalue weighted by Crippen LogP contribution is 2.27. The standard InChI is InChI=1S/C22H34N4O3/c1-4-17(12-15(3)27)25-22-23-8-7-19(26-22)16-10-14(2)11-18(13-16)24-21(28)20-6-5-9-29-20/h4,6,8,10-11,15-17,19,21-22,24-28H,1,5,7,9,12-13H2,2-3H3. The van der Waals surface area contributed by atoms with Crippen molar-refractivity contribution in [2.24, 2.45) is 10.9 Å². The summed E-state index contributed by atoms with van der Waals surface area (Å²) >= 11 is 0. The zero-order valence-corrected chi connectivity index (χ0v) is 17.3. The molecule has 0 fully saturated rings. The normalized spacial score (nSPS) is 29.8. The molecule has 7 nitrogen and oxygen atoms in total. The van der Waals surface area contributed by atoms with E-state index in [-0.39, 0.29) is 24.3 Å². The number of hydrogen-bond acceptors (Lipinski definition) is 7. The Morgan fingerprint density at radius 1 is 1.45 bits per heavy atom. The van der Waals surface area contributed by atoms with Crippen molar-refractivity contribution in [3.63, 3.8) is 0 Å². The van der Waals surface area contributed by atoms with E-state index in [9.17, 15) is 10.2 Å². The average Bonchev–Trinajstić information content (AvgIpc) is 3.22. The lowest BCUT2D eigenvalue weighted by Crippen LogP contribution is -2.54. The van der Waals surface area contributed by atoms with Gasteiger partial charge in [0.15, 0.2) is 12.5 Å². The number of aliphatic imine (C=N–C) groups is 1. The van der Waals surface area contributed by atoms with Crippen molar-refractivity contribution in [3.8, 4) is 0 Å². The molecule has 2 heterocycles. The Bertz CT molecular complexity index is 698. The fourth-order valence-corrected chi connectivity index (χ4v) is 4.05. The van der Waals surface area contributed by atoms with Gasteiger partial charge in [-0.2, -0.15) is 0 Å². The van der Waals surface area contributed by atoms with Gasteiger partial charge in [0.1, 0.15) is 5.76 Å². The number of aliphatic hydroxyl groups is 2. The van der Waals surface area contributed by atoms with Gasteiger partial charge in [-0.3, -0.25) is 15.6 Å². The molecular formula is C22H34N4O3. The molecule has 29 heavy (non-hydrogen) atoms. The number of hydrogen-bond donors (Lipinski definition) is 5. The number of ether oxygens (including phenoxy) is 1. The Kier molecular flexibility index (Phi) is 7.66. The molecule has 0 saturated heterocycles. The van der Waals surface area contributed by atoms with Crippen LogP contribution >= 0.6 is 0 Å². The average molecular weight is 403 g/mol. The minimum atomic E-state index is -0.806. The molecule has 0 amide bonds. The van der Waals surface area contributed by atoms with Crippen LogP contribution in [-0.4, -0.2) is 53.7 Å². The molecule has 3 aliphatic rings. The monoisotopic (exact) mass is 402 g/mol. The summed E-state index contributed by atoms with van der Waals surface area (Å²) in [7, 11) is 0. The smallest absolute Gasteiger partial charge is 0.182 e. The summed E-state index contributed by atoms with van der Waals surface area (Å²) in [5.74, 6) is 0.888. The lowest BCUT2D eigenvalue weighted by atomic mass is 9.86. The third-order valence-corrected chi connectivity index (χ3v) is 5.41. The maximum Gasteiger partial charge on any atom is 0.182 e. The van der Waals surface area contributed by atoms with E-state index in [1.165, 1.54) is 5.57 Å². The second-order valence-electron chi connectivity index (χ2n) is 8.08. The molecule has 1 aliphatic carbocycles. The second kappa shape index (κ2) is 10.2. The molecule has 0 saturated carbocycles. The summed E-state index contributed by atoms with van der Waals surface area (Å²) in [6.45, 7) is 8.34. The van der Waals surface area contributed by atoms with Crippen LogP contribution < -0.4 is 16.0 Å². The van der Waals surface area contributed by atoms with E-state index in [0.717, 1.165) is 25.0 Å². The summed E-state index contributed by atoms with van der Waals surface area (Å²) in [6.07, 6.45) is 11.7. The van der Waals surface area contributed by atoms with Crippen LogP contribution in [0.5, 0.6) is 0 Å². The molecule has 0 aromatic carbocycles. The van der Waals surface area contributed by atoms with Crippen molar-refractivity contribution in [2.75, 3.05) is 6.61 Å². The van der Waals surface area contributed by atoms with E-state index in [2.05, 4.69) is 46.6 Å². The zero-order valence-electron chi connectivity index (χ0n) is 17.3. The van der Waals surface area contributed by atoms with E-state index in [0.29, 0.717) is 18.8 Å². The SMILES string of the molecule is C=CC(CC(C)O)NC1N=CCC(C2C=C(C)C=C(NC(O)C3=CCCO3)C2)N1. The molecule has 7 heteroatoms. The number of aliphatic hydroxyl groups excluding tert-OH is 2. The number of nitrogens with zero attached hydrogens (tertiary/aromatic N) is 1. The van der Waals surface area contributed by atoms with Crippen LogP contribution in [0.1, 0.15) is 39.5 Å². The summed E-state index contributed by atoms with van der Waals surface area (Å²) in [5, 5.41) is 30.2. The highest BCUT2D eigenvalue weighted by atomic mass is 16.5. The van der Waals surface area contributed by atoms with Crippen LogP contribution in [0, 0.1) is 5.92 Å². The van der Waals surface area contributed by atoms with Crippen molar-refractivity contribution in [1.82, 2.24) is 16.0 Å². The predicted octanol–water partition coefficient (Wildman–Crippen LogP) is 1.68. The quantitative estimate of drug-likeness (QED) is 0.297. The molecule has 0 spiro atoms. The van der Waals surface area contributed by atoms with Gasteiger partial charge in [-0.05, 0) is 51.2 Å². The van der Waals surface area contributed by atoms with Crippen LogP contribution in [0.2, 0.25) is 0 Å². The summed E-state index contributed by atoms with van der Waals surface area (Å²) in [4.78, 5) is 4.52. The van der Waals surface area contributed by atoms with Gasteiger partial charge in [0, 0.05) is 30.4 Å². The fraction of sp³-hybridized carbons (Fsp3) is 0.591. The predicted molar refractivity (Wildman–Crippen MR) is 115 cm³/mol. The number of nitrogens with one attached hydrogen (secondary N) is 3. The molecule has 0 aromatic heterocycles. The summed E-state index contributed by atoms with van der Waals surface area (Å²) in [6, 6.07) is 0.209. The van der Waals surface area contributed by atoms with Gasteiger partial charge in [0.05, 0.1) is 12.7 Å². The summed E-state index contributed by atoms with van der Waals surface area (Å²) < 4.78 is 5.46. The molecule has 6 atom stereocenters. The van der Waals surface area contributed by atoms with Crippen molar-refractivity contribution >= 4 is 6.21 Å². The fourth-order valence-electron chi connectivity index (χ4n) is 4.05. The maximum absolute atomic E-state index is 10.4. The van der Waals surface area contributed by atoms with Crippen molar-refractivity contribution in [1.29, 1.82) is 0 Å². The topological polar surface area (TPSA) is 98.1 Å². The summed E-state index contributed by atoms with van der Waals surface area (Å²) in [5.41, 5.74) is 2.18. The highest BCUT2D eigenvalue weighted by molar-refractivity contribution is 5.59. The van der Waals surface area contributed by atoms with Gasteiger partial charge in [-0.15, -0.1) is 6.58 Å². The van der Waals surface area contributed by atoms with Crippen molar-refractivity contribution in [3.05, 3.63) is 47.9 Å². The Balaban J connectivity index is 1.58. The van der Waals surface area contributed by atoms with Gasteiger partial charge in [0.2, 0.25) is 0 Å². The third-order valence-electron chi connectivity index (χ3n) is 5.41. The van der Waals surface area contributed by atoms with Crippen LogP contribution in [0.4, 0.5) is 0 Å². The third kappa shape index (κ3) is 6.27. The molecule has 2 aliphatic heterocycles. The molecule has 6 unspecified atom stereocenters. The Hall–Kier alpha value is -1.93. The lowest BCUT2D eigenvalue weighted by Gasteiger charge is -2.35. The molecule has 160 valence electrons. The van der Waals surface area contributed by atoms with Crippen molar-refractivity contribution in [2.45, 2.75) is 70.2 Å². The van der Waals surface area contributed by atoms with E-state index in [1.807, 2.05) is 18.4 Å². The van der Waals surface area contributed by atoms with Crippen LogP contribution in [0.15, 0.2) is 52.9 Å². The van der Waals surface area contributed by atoms with Crippen LogP contribution in [-0.2, 0) is 4.74 Å². The highest BCUT2D eigenvalue weighted by Gasteiger charge is 2.29. The minimum Gasteiger partial charge on any atom is -0.493 e. The number of rotatable bonds is 9. The Morgan fingerprint density at radius 3 is 2.97 bits per heavy atom. The first-order valence-electron chi connectivity index (χ1n) is 10.5. The first-order chi connectivity index (χ1) is 13.9. The van der Waals surface area contributed by atoms with Gasteiger partial charge in [0.25, 0.3) is 0 Å². The second-order valence-corrected chi connectivity index (χ2v) is 8.08. The first-order valence-corrected chi connectivity index (χ1v) is 10.5. The van der Waals surface area contributed by atoms with Gasteiger partial charge in [-0.25, -0.2) is 0 Å². The van der Waals surface area contributed by atoms with Gasteiger partial charge in [-0.1, -0.05) is 17.7 Å². The largest absolute Gasteiger partial charge is 0.493 e. The Morgan fingerprint density at radius 2 is 2.28 bits per heavy atom. The zero-order chi connectivity index (χ0) is 20.8. The minimum absolute atomic E-state index is 0.0148. The van der Waals surface area contributed by atoms with Gasteiger partial charge < -0.3 is 20.3 Å². The van der Waals surface area contributed by atoms with Gasteiger partial charge >= 0.3 is 0 Å². The van der Waals surface area contributed by atoms with Crippen molar-refractivity contribution < 1.29 is 14.9 Å². The molecule has 0 aromatic rings. The molecule has 3 rings (SSSR count). The van der Waals surface area contributed by atoms with E-state index in [4.69, 9.17) is 4.74 Å². The molecular weight excluding hydrogens is 368 g/mol. The van der Waals surface area contributed by atoms with E-state index >= 15 is 0 Å². The lowest BCUT2D eigenvalue weighted by molar-refractivity contribution is 0.0998. The molecule has 5 N–H and O–H groups in total. The molecule has 0 radical (unpaired) electrons. The Labute approximate surface area is 173 Å². The van der Waals surface area contributed by atoms with Crippen LogP contribution in [0.25, 0.3) is 0 Å². The first kappa shape index (κ1) is 21.8. The van der Waals surface area contributed by atoms with E-state index in [1.54, 1.807) is 6.92 Å². The number of allylic oxidation sites excluding steroid dienone is 3. The van der Waals surface area contributed by atoms with E-state index < -0.39 is 12.3 Å². The van der Waals surface area contributed by atoms with Crippen LogP contribution in [0.3, 0.4) is 0 Å².